The van der Waals surface area contributed by atoms with E-state index in [4.69, 9.17) is 0 Å². The van der Waals surface area contributed by atoms with Crippen molar-refractivity contribution in [3.63, 3.8) is 0 Å². The predicted molar refractivity (Wildman–Crippen MR) is 90.7 cm³/mol. The standard InChI is InChI=1S/C16H20N2S2/c1-16(2)6-8-19-11-14(16)18-13-5-3-4-12(10-13)15-17-7-9-20-15/h3-5,7,9-10,14,18H,6,8,11H2,1-2H3. The zero-order valence-corrected chi connectivity index (χ0v) is 13.6. The van der Waals surface area contributed by atoms with Gasteiger partial charge in [0.2, 0.25) is 0 Å². The van der Waals surface area contributed by atoms with E-state index in [-0.39, 0.29) is 0 Å². The molecule has 0 aliphatic carbocycles. The van der Waals surface area contributed by atoms with Crippen LogP contribution in [0, 0.1) is 5.41 Å². The monoisotopic (exact) mass is 304 g/mol. The van der Waals surface area contributed by atoms with Gasteiger partial charge in [0.05, 0.1) is 0 Å². The van der Waals surface area contributed by atoms with Gasteiger partial charge in [-0.25, -0.2) is 4.98 Å². The summed E-state index contributed by atoms with van der Waals surface area (Å²) in [5.74, 6) is 2.47. The second-order valence-electron chi connectivity index (χ2n) is 5.93. The molecule has 0 amide bonds. The summed E-state index contributed by atoms with van der Waals surface area (Å²) in [6.07, 6.45) is 3.14. The van der Waals surface area contributed by atoms with E-state index in [1.165, 1.54) is 29.2 Å². The van der Waals surface area contributed by atoms with E-state index < -0.39 is 0 Å². The fourth-order valence-electron chi connectivity index (χ4n) is 2.48. The molecule has 2 aromatic rings. The zero-order valence-electron chi connectivity index (χ0n) is 11.9. The van der Waals surface area contributed by atoms with Crippen LogP contribution in [0.15, 0.2) is 35.8 Å². The maximum absolute atomic E-state index is 4.39. The fourth-order valence-corrected chi connectivity index (χ4v) is 4.73. The molecule has 1 aromatic carbocycles. The third-order valence-electron chi connectivity index (χ3n) is 4.00. The highest BCUT2D eigenvalue weighted by Gasteiger charge is 2.32. The van der Waals surface area contributed by atoms with Gasteiger partial charge in [0.1, 0.15) is 5.01 Å². The van der Waals surface area contributed by atoms with E-state index >= 15 is 0 Å². The van der Waals surface area contributed by atoms with Gasteiger partial charge in [-0.3, -0.25) is 0 Å². The van der Waals surface area contributed by atoms with Crippen molar-refractivity contribution in [1.29, 1.82) is 0 Å². The molecule has 1 N–H and O–H groups in total. The first kappa shape index (κ1) is 14.0. The normalized spacial score (nSPS) is 21.6. The Morgan fingerprint density at radius 2 is 2.25 bits per heavy atom. The lowest BCUT2D eigenvalue weighted by molar-refractivity contribution is 0.305. The van der Waals surface area contributed by atoms with Crippen LogP contribution in [0.4, 0.5) is 5.69 Å². The van der Waals surface area contributed by atoms with Crippen molar-refractivity contribution in [2.24, 2.45) is 5.41 Å². The third-order valence-corrected chi connectivity index (χ3v) is 5.89. The number of hydrogen-bond acceptors (Lipinski definition) is 4. The van der Waals surface area contributed by atoms with Crippen LogP contribution in [-0.2, 0) is 0 Å². The molecule has 1 unspecified atom stereocenters. The van der Waals surface area contributed by atoms with Crippen molar-refractivity contribution in [1.82, 2.24) is 4.98 Å². The first-order chi connectivity index (χ1) is 9.65. The molecule has 0 radical (unpaired) electrons. The number of hydrogen-bond donors (Lipinski definition) is 1. The highest BCUT2D eigenvalue weighted by Crippen LogP contribution is 2.36. The van der Waals surface area contributed by atoms with E-state index in [0.29, 0.717) is 11.5 Å². The zero-order chi connectivity index (χ0) is 14.0. The largest absolute Gasteiger partial charge is 0.381 e. The van der Waals surface area contributed by atoms with Crippen molar-refractivity contribution in [2.75, 3.05) is 16.8 Å². The smallest absolute Gasteiger partial charge is 0.123 e. The van der Waals surface area contributed by atoms with Crippen LogP contribution in [0.3, 0.4) is 0 Å². The third kappa shape index (κ3) is 3.01. The van der Waals surface area contributed by atoms with Crippen LogP contribution in [-0.4, -0.2) is 22.5 Å². The fraction of sp³-hybridized carbons (Fsp3) is 0.438. The average Bonchev–Trinajstić information content (AvgIpc) is 2.96. The summed E-state index contributed by atoms with van der Waals surface area (Å²) in [5, 5.41) is 6.84. The Labute approximate surface area is 129 Å². The number of benzene rings is 1. The molecular formula is C16H20N2S2. The van der Waals surface area contributed by atoms with Gasteiger partial charge in [-0.2, -0.15) is 11.8 Å². The molecule has 20 heavy (non-hydrogen) atoms. The molecule has 1 atom stereocenters. The van der Waals surface area contributed by atoms with Crippen molar-refractivity contribution >= 4 is 28.8 Å². The summed E-state index contributed by atoms with van der Waals surface area (Å²) in [5.41, 5.74) is 2.77. The molecule has 1 fully saturated rings. The average molecular weight is 304 g/mol. The molecule has 3 rings (SSSR count). The Morgan fingerprint density at radius 1 is 1.35 bits per heavy atom. The first-order valence-electron chi connectivity index (χ1n) is 6.99. The van der Waals surface area contributed by atoms with Gasteiger partial charge in [-0.15, -0.1) is 11.3 Å². The minimum atomic E-state index is 0.364. The summed E-state index contributed by atoms with van der Waals surface area (Å²) >= 11 is 3.74. The summed E-state index contributed by atoms with van der Waals surface area (Å²) in [4.78, 5) is 4.39. The van der Waals surface area contributed by atoms with Crippen LogP contribution >= 0.6 is 23.1 Å². The Morgan fingerprint density at radius 3 is 3.00 bits per heavy atom. The number of rotatable bonds is 3. The molecule has 1 aliphatic rings. The van der Waals surface area contributed by atoms with Crippen LogP contribution in [0.25, 0.3) is 10.6 Å². The number of nitrogens with one attached hydrogen (secondary N) is 1. The van der Waals surface area contributed by atoms with Gasteiger partial charge in [0.15, 0.2) is 0 Å². The first-order valence-corrected chi connectivity index (χ1v) is 9.03. The van der Waals surface area contributed by atoms with Gasteiger partial charge in [0, 0.05) is 34.6 Å². The lowest BCUT2D eigenvalue weighted by atomic mass is 9.82. The minimum absolute atomic E-state index is 0.364. The van der Waals surface area contributed by atoms with Crippen molar-refractivity contribution in [3.8, 4) is 10.6 Å². The van der Waals surface area contributed by atoms with Crippen LogP contribution in [0.1, 0.15) is 20.3 Å². The molecule has 4 heteroatoms. The lowest BCUT2D eigenvalue weighted by Crippen LogP contribution is -2.41. The maximum Gasteiger partial charge on any atom is 0.123 e. The molecule has 2 nitrogen and oxygen atoms in total. The van der Waals surface area contributed by atoms with Crippen LogP contribution in [0.2, 0.25) is 0 Å². The Balaban J connectivity index is 1.79. The number of nitrogens with zero attached hydrogens (tertiary/aromatic N) is 1. The van der Waals surface area contributed by atoms with Crippen LogP contribution < -0.4 is 5.32 Å². The van der Waals surface area contributed by atoms with E-state index in [9.17, 15) is 0 Å². The molecule has 1 aliphatic heterocycles. The Kier molecular flexibility index (Phi) is 4.03. The molecule has 0 spiro atoms. The van der Waals surface area contributed by atoms with Gasteiger partial charge in [-0.05, 0) is 29.7 Å². The number of thiazole rings is 1. The van der Waals surface area contributed by atoms with E-state index in [0.717, 1.165) is 5.01 Å². The summed E-state index contributed by atoms with van der Waals surface area (Å²) in [7, 11) is 0. The Bertz CT molecular complexity index is 564. The number of anilines is 1. The molecular weight excluding hydrogens is 284 g/mol. The van der Waals surface area contributed by atoms with E-state index in [1.807, 2.05) is 11.6 Å². The predicted octanol–water partition coefficient (Wildman–Crippen LogP) is 4.75. The van der Waals surface area contributed by atoms with Gasteiger partial charge >= 0.3 is 0 Å². The second-order valence-corrected chi connectivity index (χ2v) is 7.97. The molecule has 1 saturated heterocycles. The Hall–Kier alpha value is -1.00. The summed E-state index contributed by atoms with van der Waals surface area (Å²) < 4.78 is 0. The van der Waals surface area contributed by atoms with E-state index in [1.54, 1.807) is 11.3 Å². The van der Waals surface area contributed by atoms with Gasteiger partial charge in [-0.1, -0.05) is 26.0 Å². The van der Waals surface area contributed by atoms with Crippen LogP contribution in [0.5, 0.6) is 0 Å². The minimum Gasteiger partial charge on any atom is -0.381 e. The summed E-state index contributed by atoms with van der Waals surface area (Å²) in [6.45, 7) is 4.74. The second kappa shape index (κ2) is 5.78. The lowest BCUT2D eigenvalue weighted by Gasteiger charge is -2.39. The maximum atomic E-state index is 4.39. The molecule has 1 aromatic heterocycles. The molecule has 2 heterocycles. The van der Waals surface area contributed by atoms with Crippen molar-refractivity contribution < 1.29 is 0 Å². The highest BCUT2D eigenvalue weighted by atomic mass is 32.2. The highest BCUT2D eigenvalue weighted by molar-refractivity contribution is 7.99. The number of thioether (sulfide) groups is 1. The quantitative estimate of drug-likeness (QED) is 0.885. The van der Waals surface area contributed by atoms with Gasteiger partial charge in [0.25, 0.3) is 0 Å². The molecule has 0 saturated carbocycles. The van der Waals surface area contributed by atoms with Gasteiger partial charge < -0.3 is 5.32 Å². The van der Waals surface area contributed by atoms with Crippen molar-refractivity contribution in [2.45, 2.75) is 26.3 Å². The number of aromatic nitrogens is 1. The molecule has 0 bridgehead atoms. The molecule has 106 valence electrons. The topological polar surface area (TPSA) is 24.9 Å². The SMILES string of the molecule is CC1(C)CCSCC1Nc1cccc(-c2nccs2)c1. The van der Waals surface area contributed by atoms with E-state index in [2.05, 4.69) is 60.2 Å². The van der Waals surface area contributed by atoms with Crippen molar-refractivity contribution in [3.05, 3.63) is 35.8 Å². The summed E-state index contributed by atoms with van der Waals surface area (Å²) in [6, 6.07) is 9.15.